The first-order valence-corrected chi connectivity index (χ1v) is 5.69. The molecule has 1 aromatic heterocycles. The second-order valence-corrected chi connectivity index (χ2v) is 3.97. The molecule has 2 aromatic rings. The third-order valence-corrected chi connectivity index (χ3v) is 2.53. The Morgan fingerprint density at radius 3 is 2.71 bits per heavy atom. The van der Waals surface area contributed by atoms with E-state index in [4.69, 9.17) is 10.2 Å². The molecule has 1 aromatic carbocycles. The fourth-order valence-electron chi connectivity index (χ4n) is 1.62. The summed E-state index contributed by atoms with van der Waals surface area (Å²) >= 11 is 0. The van der Waals surface area contributed by atoms with E-state index in [1.165, 1.54) is 0 Å². The van der Waals surface area contributed by atoms with E-state index in [9.17, 15) is 5.11 Å². The summed E-state index contributed by atoms with van der Waals surface area (Å²) in [7, 11) is 0. The van der Waals surface area contributed by atoms with Crippen LogP contribution in [0, 0.1) is 0 Å². The van der Waals surface area contributed by atoms with Crippen molar-refractivity contribution in [3.05, 3.63) is 47.7 Å². The second kappa shape index (κ2) is 5.50. The average Bonchev–Trinajstić information content (AvgIpc) is 2.77. The number of aromatic hydroxyl groups is 1. The predicted molar refractivity (Wildman–Crippen MR) is 64.8 cm³/mol. The van der Waals surface area contributed by atoms with E-state index in [1.807, 2.05) is 12.1 Å². The van der Waals surface area contributed by atoms with Gasteiger partial charge in [0.05, 0.1) is 5.69 Å². The van der Waals surface area contributed by atoms with Crippen LogP contribution >= 0.6 is 0 Å². The van der Waals surface area contributed by atoms with Gasteiger partial charge in [-0.2, -0.15) is 0 Å². The third-order valence-electron chi connectivity index (χ3n) is 2.53. The molecule has 0 unspecified atom stereocenters. The maximum absolute atomic E-state index is 9.17. The molecule has 0 aliphatic rings. The van der Waals surface area contributed by atoms with Gasteiger partial charge in [-0.05, 0) is 37.1 Å². The Bertz CT molecular complexity index is 463. The number of oxazole rings is 1. The number of aryl methyl sites for hydroxylation is 1. The van der Waals surface area contributed by atoms with Crippen molar-refractivity contribution in [2.24, 2.45) is 5.73 Å². The summed E-state index contributed by atoms with van der Waals surface area (Å²) in [5.74, 6) is 0.965. The lowest BCUT2D eigenvalue weighted by Crippen LogP contribution is -2.00. The van der Waals surface area contributed by atoms with E-state index in [1.54, 1.807) is 18.4 Å². The quantitative estimate of drug-likeness (QED) is 0.825. The molecule has 0 bridgehead atoms. The Labute approximate surface area is 100 Å². The molecule has 4 heteroatoms. The SMILES string of the molecule is NCCCc1coc(Cc2ccc(O)cc2)n1. The van der Waals surface area contributed by atoms with Crippen molar-refractivity contribution >= 4 is 0 Å². The molecule has 17 heavy (non-hydrogen) atoms. The van der Waals surface area contributed by atoms with Crippen LogP contribution in [0.25, 0.3) is 0 Å². The van der Waals surface area contributed by atoms with Crippen LogP contribution in [0.2, 0.25) is 0 Å². The Kier molecular flexibility index (Phi) is 3.77. The third kappa shape index (κ3) is 3.32. The van der Waals surface area contributed by atoms with Crippen LogP contribution in [-0.4, -0.2) is 16.6 Å². The van der Waals surface area contributed by atoms with E-state index in [0.29, 0.717) is 18.9 Å². The minimum Gasteiger partial charge on any atom is -0.508 e. The predicted octanol–water partition coefficient (Wildman–Crippen LogP) is 1.86. The largest absolute Gasteiger partial charge is 0.508 e. The second-order valence-electron chi connectivity index (χ2n) is 3.97. The zero-order chi connectivity index (χ0) is 12.1. The van der Waals surface area contributed by atoms with Crippen LogP contribution in [0.5, 0.6) is 5.75 Å². The molecule has 0 saturated heterocycles. The van der Waals surface area contributed by atoms with Crippen LogP contribution in [0.1, 0.15) is 23.6 Å². The maximum atomic E-state index is 9.17. The van der Waals surface area contributed by atoms with E-state index in [0.717, 1.165) is 24.1 Å². The normalized spacial score (nSPS) is 10.6. The number of rotatable bonds is 5. The van der Waals surface area contributed by atoms with Crippen molar-refractivity contribution in [3.8, 4) is 5.75 Å². The molecule has 0 atom stereocenters. The van der Waals surface area contributed by atoms with Gasteiger partial charge in [0.2, 0.25) is 0 Å². The smallest absolute Gasteiger partial charge is 0.198 e. The van der Waals surface area contributed by atoms with Gasteiger partial charge in [-0.1, -0.05) is 12.1 Å². The monoisotopic (exact) mass is 232 g/mol. The zero-order valence-electron chi connectivity index (χ0n) is 9.60. The highest BCUT2D eigenvalue weighted by Crippen LogP contribution is 2.14. The van der Waals surface area contributed by atoms with Gasteiger partial charge in [0, 0.05) is 6.42 Å². The summed E-state index contributed by atoms with van der Waals surface area (Å²) < 4.78 is 5.38. The summed E-state index contributed by atoms with van der Waals surface area (Å²) in [6, 6.07) is 7.04. The van der Waals surface area contributed by atoms with Gasteiger partial charge in [0.15, 0.2) is 5.89 Å². The van der Waals surface area contributed by atoms with Gasteiger partial charge in [0.25, 0.3) is 0 Å². The fraction of sp³-hybridized carbons (Fsp3) is 0.308. The van der Waals surface area contributed by atoms with Crippen LogP contribution < -0.4 is 5.73 Å². The van der Waals surface area contributed by atoms with Gasteiger partial charge >= 0.3 is 0 Å². The number of nitrogens with zero attached hydrogens (tertiary/aromatic N) is 1. The Morgan fingerprint density at radius 2 is 2.00 bits per heavy atom. The number of benzene rings is 1. The molecule has 1 heterocycles. The lowest BCUT2D eigenvalue weighted by Gasteiger charge is -1.97. The lowest BCUT2D eigenvalue weighted by molar-refractivity contribution is 0.474. The Morgan fingerprint density at radius 1 is 1.24 bits per heavy atom. The molecule has 0 saturated carbocycles. The van der Waals surface area contributed by atoms with Gasteiger partial charge in [-0.25, -0.2) is 4.98 Å². The summed E-state index contributed by atoms with van der Waals surface area (Å²) in [4.78, 5) is 4.38. The molecule has 0 aliphatic heterocycles. The number of phenolic OH excluding ortho intramolecular Hbond substituents is 1. The summed E-state index contributed by atoms with van der Waals surface area (Å²) in [6.07, 6.45) is 4.11. The van der Waals surface area contributed by atoms with Gasteiger partial charge in [-0.3, -0.25) is 0 Å². The van der Waals surface area contributed by atoms with Gasteiger partial charge < -0.3 is 15.3 Å². The molecular weight excluding hydrogens is 216 g/mol. The van der Waals surface area contributed by atoms with Crippen LogP contribution in [0.15, 0.2) is 34.9 Å². The highest BCUT2D eigenvalue weighted by Gasteiger charge is 2.04. The number of aromatic nitrogens is 1. The lowest BCUT2D eigenvalue weighted by atomic mass is 10.1. The minimum atomic E-state index is 0.268. The molecule has 4 nitrogen and oxygen atoms in total. The molecule has 3 N–H and O–H groups in total. The van der Waals surface area contributed by atoms with Crippen LogP contribution in [0.4, 0.5) is 0 Å². The first-order chi connectivity index (χ1) is 8.28. The first kappa shape index (κ1) is 11.7. The minimum absolute atomic E-state index is 0.268. The average molecular weight is 232 g/mol. The Hall–Kier alpha value is -1.81. The van der Waals surface area contributed by atoms with Crippen molar-refractivity contribution in [1.29, 1.82) is 0 Å². The number of phenols is 1. The van der Waals surface area contributed by atoms with Crippen molar-refractivity contribution in [2.45, 2.75) is 19.3 Å². The topological polar surface area (TPSA) is 72.3 Å². The van der Waals surface area contributed by atoms with E-state index < -0.39 is 0 Å². The van der Waals surface area contributed by atoms with Crippen molar-refractivity contribution in [2.75, 3.05) is 6.54 Å². The summed E-state index contributed by atoms with van der Waals surface area (Å²) in [5.41, 5.74) is 7.45. The molecule has 2 rings (SSSR count). The molecule has 0 aliphatic carbocycles. The summed E-state index contributed by atoms with van der Waals surface area (Å²) in [5, 5.41) is 9.17. The van der Waals surface area contributed by atoms with Crippen LogP contribution in [0.3, 0.4) is 0 Å². The zero-order valence-corrected chi connectivity index (χ0v) is 9.60. The maximum Gasteiger partial charge on any atom is 0.198 e. The number of nitrogens with two attached hydrogens (primary N) is 1. The van der Waals surface area contributed by atoms with E-state index in [-0.39, 0.29) is 5.75 Å². The number of hydrogen-bond donors (Lipinski definition) is 2. The molecule has 0 amide bonds. The Balaban J connectivity index is 1.98. The molecule has 0 radical (unpaired) electrons. The van der Waals surface area contributed by atoms with Crippen molar-refractivity contribution < 1.29 is 9.52 Å². The highest BCUT2D eigenvalue weighted by molar-refractivity contribution is 5.27. The first-order valence-electron chi connectivity index (χ1n) is 5.69. The number of hydrogen-bond acceptors (Lipinski definition) is 4. The van der Waals surface area contributed by atoms with Gasteiger partial charge in [-0.15, -0.1) is 0 Å². The molecule has 0 spiro atoms. The fourth-order valence-corrected chi connectivity index (χ4v) is 1.62. The van der Waals surface area contributed by atoms with Crippen molar-refractivity contribution in [3.63, 3.8) is 0 Å². The van der Waals surface area contributed by atoms with E-state index in [2.05, 4.69) is 4.98 Å². The van der Waals surface area contributed by atoms with Crippen LogP contribution in [-0.2, 0) is 12.8 Å². The highest BCUT2D eigenvalue weighted by atomic mass is 16.3. The van der Waals surface area contributed by atoms with Crippen molar-refractivity contribution in [1.82, 2.24) is 4.98 Å². The van der Waals surface area contributed by atoms with Gasteiger partial charge in [0.1, 0.15) is 12.0 Å². The standard InChI is InChI=1S/C13H16N2O2/c14-7-1-2-11-9-17-13(15-11)8-10-3-5-12(16)6-4-10/h3-6,9,16H,1-2,7-8,14H2. The summed E-state index contributed by atoms with van der Waals surface area (Å²) in [6.45, 7) is 0.667. The molecule has 90 valence electrons. The van der Waals surface area contributed by atoms with E-state index >= 15 is 0 Å². The molecule has 0 fully saturated rings. The molecular formula is C13H16N2O2.